The molecule has 1 aliphatic rings. The molecule has 2 aromatic carbocycles. The average Bonchev–Trinajstić information content (AvgIpc) is 2.64. The van der Waals surface area contributed by atoms with E-state index in [0.29, 0.717) is 18.2 Å². The Balaban J connectivity index is 1.54. The molecular weight excluding hydrogens is 322 g/mol. The van der Waals surface area contributed by atoms with Gasteiger partial charge in [-0.3, -0.25) is 4.79 Å². The number of anilines is 1. The second-order valence-electron chi connectivity index (χ2n) is 5.50. The van der Waals surface area contributed by atoms with Gasteiger partial charge in [0, 0.05) is 31.9 Å². The minimum absolute atomic E-state index is 0.678. The zero-order chi connectivity index (χ0) is 16.8. The van der Waals surface area contributed by atoms with Gasteiger partial charge in [0.05, 0.1) is 0 Å². The van der Waals surface area contributed by atoms with Gasteiger partial charge in [0.15, 0.2) is 5.11 Å². The van der Waals surface area contributed by atoms with Crippen molar-refractivity contribution < 1.29 is 9.53 Å². The van der Waals surface area contributed by atoms with Crippen molar-refractivity contribution in [3.8, 4) is 11.5 Å². The first-order valence-corrected chi connectivity index (χ1v) is 8.24. The first-order chi connectivity index (χ1) is 11.7. The molecule has 2 aromatic rings. The van der Waals surface area contributed by atoms with Crippen molar-refractivity contribution in [1.82, 2.24) is 9.80 Å². The molecule has 0 aromatic heterocycles. The molecule has 0 bridgehead atoms. The van der Waals surface area contributed by atoms with Gasteiger partial charge in [-0.15, -0.1) is 0 Å². The summed E-state index contributed by atoms with van der Waals surface area (Å²) in [6, 6.07) is 17.3. The fourth-order valence-corrected chi connectivity index (χ4v) is 2.76. The number of thiocarbonyl (C=S) groups is 1. The Hall–Kier alpha value is -2.60. The summed E-state index contributed by atoms with van der Waals surface area (Å²) in [6.07, 6.45) is 0.888. The number of carbonyl (C=O) groups is 1. The Labute approximate surface area is 146 Å². The van der Waals surface area contributed by atoms with Crippen molar-refractivity contribution in [2.75, 3.05) is 31.5 Å². The van der Waals surface area contributed by atoms with Gasteiger partial charge < -0.3 is 19.9 Å². The minimum Gasteiger partial charge on any atom is -0.457 e. The topological polar surface area (TPSA) is 44.8 Å². The lowest BCUT2D eigenvalue weighted by Crippen LogP contribution is -2.49. The SMILES string of the molecule is O=CN1CCN(C(=S)Nc2ccc(Oc3ccccc3)cc2)CC1. The molecule has 0 saturated carbocycles. The molecule has 1 N–H and O–H groups in total. The first-order valence-electron chi connectivity index (χ1n) is 7.83. The highest BCUT2D eigenvalue weighted by molar-refractivity contribution is 7.80. The third-order valence-electron chi connectivity index (χ3n) is 3.84. The van der Waals surface area contributed by atoms with Crippen LogP contribution in [-0.2, 0) is 4.79 Å². The van der Waals surface area contributed by atoms with Crippen LogP contribution in [0.2, 0.25) is 0 Å². The highest BCUT2D eigenvalue weighted by atomic mass is 32.1. The van der Waals surface area contributed by atoms with Crippen molar-refractivity contribution >= 4 is 29.4 Å². The molecular formula is C18H19N3O2S. The van der Waals surface area contributed by atoms with Crippen molar-refractivity contribution in [3.63, 3.8) is 0 Å². The second kappa shape index (κ2) is 7.79. The zero-order valence-corrected chi connectivity index (χ0v) is 14.0. The van der Waals surface area contributed by atoms with Gasteiger partial charge in [-0.1, -0.05) is 18.2 Å². The summed E-state index contributed by atoms with van der Waals surface area (Å²) < 4.78 is 5.77. The Morgan fingerprint density at radius 1 is 0.958 bits per heavy atom. The van der Waals surface area contributed by atoms with Gasteiger partial charge in [-0.25, -0.2) is 0 Å². The lowest BCUT2D eigenvalue weighted by molar-refractivity contribution is -0.119. The second-order valence-corrected chi connectivity index (χ2v) is 5.88. The van der Waals surface area contributed by atoms with E-state index in [1.807, 2.05) is 54.6 Å². The van der Waals surface area contributed by atoms with Crippen molar-refractivity contribution in [2.45, 2.75) is 0 Å². The van der Waals surface area contributed by atoms with E-state index in [2.05, 4.69) is 10.2 Å². The number of hydrogen-bond acceptors (Lipinski definition) is 3. The smallest absolute Gasteiger partial charge is 0.209 e. The van der Waals surface area contributed by atoms with Crippen LogP contribution in [0.15, 0.2) is 54.6 Å². The van der Waals surface area contributed by atoms with Crippen LogP contribution in [0, 0.1) is 0 Å². The number of nitrogens with one attached hydrogen (secondary N) is 1. The van der Waals surface area contributed by atoms with E-state index in [-0.39, 0.29) is 0 Å². The fraction of sp³-hybridized carbons (Fsp3) is 0.222. The van der Waals surface area contributed by atoms with Gasteiger partial charge in [-0.2, -0.15) is 0 Å². The van der Waals surface area contributed by atoms with Gasteiger partial charge in [-0.05, 0) is 48.6 Å². The highest BCUT2D eigenvalue weighted by Gasteiger charge is 2.17. The lowest BCUT2D eigenvalue weighted by Gasteiger charge is -2.34. The first kappa shape index (κ1) is 16.3. The zero-order valence-electron chi connectivity index (χ0n) is 13.2. The summed E-state index contributed by atoms with van der Waals surface area (Å²) in [5.41, 5.74) is 0.915. The van der Waals surface area contributed by atoms with Crippen LogP contribution < -0.4 is 10.1 Å². The number of ether oxygens (including phenoxy) is 1. The molecule has 3 rings (SSSR count). The van der Waals surface area contributed by atoms with Crippen molar-refractivity contribution in [1.29, 1.82) is 0 Å². The van der Waals surface area contributed by atoms with E-state index in [9.17, 15) is 4.79 Å². The molecule has 1 aliphatic heterocycles. The summed E-state index contributed by atoms with van der Waals surface area (Å²) in [5, 5.41) is 3.91. The Kier molecular flexibility index (Phi) is 5.28. The molecule has 1 fully saturated rings. The summed E-state index contributed by atoms with van der Waals surface area (Å²) in [7, 11) is 0. The highest BCUT2D eigenvalue weighted by Crippen LogP contribution is 2.22. The average molecular weight is 341 g/mol. The number of benzene rings is 2. The maximum absolute atomic E-state index is 10.7. The number of piperazine rings is 1. The fourth-order valence-electron chi connectivity index (χ4n) is 2.46. The van der Waals surface area contributed by atoms with E-state index in [0.717, 1.165) is 36.7 Å². The summed E-state index contributed by atoms with van der Waals surface area (Å²) >= 11 is 5.45. The molecule has 24 heavy (non-hydrogen) atoms. The predicted octanol–water partition coefficient (Wildman–Crippen LogP) is 2.95. The summed E-state index contributed by atoms with van der Waals surface area (Å²) in [5.74, 6) is 1.58. The van der Waals surface area contributed by atoms with E-state index >= 15 is 0 Å². The molecule has 124 valence electrons. The number of carbonyl (C=O) groups excluding carboxylic acids is 1. The monoisotopic (exact) mass is 341 g/mol. The number of amides is 1. The summed E-state index contributed by atoms with van der Waals surface area (Å²) in [4.78, 5) is 14.6. The molecule has 0 aliphatic carbocycles. The van der Waals surface area contributed by atoms with E-state index in [4.69, 9.17) is 17.0 Å². The molecule has 1 heterocycles. The van der Waals surface area contributed by atoms with Gasteiger partial charge >= 0.3 is 0 Å². The lowest BCUT2D eigenvalue weighted by atomic mass is 10.3. The Morgan fingerprint density at radius 3 is 2.21 bits per heavy atom. The standard InChI is InChI=1S/C18H19N3O2S/c22-14-20-10-12-21(13-11-20)18(24)19-15-6-8-17(9-7-15)23-16-4-2-1-3-5-16/h1-9,14H,10-13H2,(H,19,24). The Bertz CT molecular complexity index is 683. The third-order valence-corrected chi connectivity index (χ3v) is 4.20. The summed E-state index contributed by atoms with van der Waals surface area (Å²) in [6.45, 7) is 2.91. The molecule has 0 atom stereocenters. The van der Waals surface area contributed by atoms with E-state index in [1.165, 1.54) is 0 Å². The van der Waals surface area contributed by atoms with Crippen molar-refractivity contribution in [3.05, 3.63) is 54.6 Å². The Morgan fingerprint density at radius 2 is 1.58 bits per heavy atom. The van der Waals surface area contributed by atoms with Crippen LogP contribution in [0.3, 0.4) is 0 Å². The number of nitrogens with zero attached hydrogens (tertiary/aromatic N) is 2. The quantitative estimate of drug-likeness (QED) is 0.684. The molecule has 0 radical (unpaired) electrons. The van der Waals surface area contributed by atoms with Crippen LogP contribution in [0.5, 0.6) is 11.5 Å². The predicted molar refractivity (Wildman–Crippen MR) is 98.4 cm³/mol. The van der Waals surface area contributed by atoms with Crippen LogP contribution in [0.25, 0.3) is 0 Å². The molecule has 0 spiro atoms. The largest absolute Gasteiger partial charge is 0.457 e. The third kappa shape index (κ3) is 4.23. The maximum atomic E-state index is 10.7. The van der Waals surface area contributed by atoms with Crippen LogP contribution in [0.4, 0.5) is 5.69 Å². The normalized spacial score (nSPS) is 14.2. The molecule has 5 nitrogen and oxygen atoms in total. The van der Waals surface area contributed by atoms with Crippen LogP contribution in [0.1, 0.15) is 0 Å². The molecule has 1 saturated heterocycles. The number of para-hydroxylation sites is 1. The van der Waals surface area contributed by atoms with Gasteiger partial charge in [0.2, 0.25) is 6.41 Å². The maximum Gasteiger partial charge on any atom is 0.209 e. The number of hydrogen-bond donors (Lipinski definition) is 1. The van der Waals surface area contributed by atoms with Gasteiger partial charge in [0.1, 0.15) is 11.5 Å². The van der Waals surface area contributed by atoms with E-state index < -0.39 is 0 Å². The minimum atomic E-state index is 0.678. The molecule has 0 unspecified atom stereocenters. The molecule has 6 heteroatoms. The van der Waals surface area contributed by atoms with E-state index in [1.54, 1.807) is 4.90 Å². The molecule has 1 amide bonds. The van der Waals surface area contributed by atoms with Gasteiger partial charge in [0.25, 0.3) is 0 Å². The van der Waals surface area contributed by atoms with Crippen LogP contribution in [-0.4, -0.2) is 47.5 Å². The van der Waals surface area contributed by atoms with Crippen LogP contribution >= 0.6 is 12.2 Å². The number of rotatable bonds is 4. The van der Waals surface area contributed by atoms with Crippen molar-refractivity contribution in [2.24, 2.45) is 0 Å².